The fourth-order valence-corrected chi connectivity index (χ4v) is 2.18. The molecular weight excluding hydrogens is 252 g/mol. The third-order valence-electron chi connectivity index (χ3n) is 2.81. The lowest BCUT2D eigenvalue weighted by molar-refractivity contribution is 0.248. The number of imidazole rings is 1. The minimum atomic E-state index is -0.525. The number of carbonyl (C=O) groups excluding carboxylic acids is 1. The fraction of sp³-hybridized carbons (Fsp3) is 0.333. The van der Waals surface area contributed by atoms with Gasteiger partial charge in [-0.05, 0) is 18.6 Å². The van der Waals surface area contributed by atoms with Gasteiger partial charge in [0.15, 0.2) is 0 Å². The summed E-state index contributed by atoms with van der Waals surface area (Å²) in [6, 6.07) is 5.47. The SMILES string of the molecule is Cc1cccc2c1nc(CCl)n2CCNC(N)=O. The first kappa shape index (κ1) is 12.7. The van der Waals surface area contributed by atoms with Crippen LogP contribution in [0.1, 0.15) is 11.4 Å². The Labute approximate surface area is 110 Å². The first-order chi connectivity index (χ1) is 8.63. The zero-order valence-electron chi connectivity index (χ0n) is 10.1. The van der Waals surface area contributed by atoms with Gasteiger partial charge in [0.2, 0.25) is 0 Å². The van der Waals surface area contributed by atoms with Crippen LogP contribution in [0.5, 0.6) is 0 Å². The Bertz CT molecular complexity index is 579. The minimum absolute atomic E-state index is 0.338. The predicted octanol–water partition coefficient (Wildman–Crippen LogP) is 1.75. The van der Waals surface area contributed by atoms with Crippen LogP contribution in [-0.2, 0) is 12.4 Å². The predicted molar refractivity (Wildman–Crippen MR) is 71.6 cm³/mol. The zero-order valence-corrected chi connectivity index (χ0v) is 10.9. The summed E-state index contributed by atoms with van der Waals surface area (Å²) >= 11 is 5.90. The molecule has 3 N–H and O–H groups in total. The summed E-state index contributed by atoms with van der Waals surface area (Å²) in [5.41, 5.74) is 8.13. The molecule has 0 aliphatic carbocycles. The molecule has 0 aliphatic rings. The van der Waals surface area contributed by atoms with Crippen molar-refractivity contribution in [3.05, 3.63) is 29.6 Å². The first-order valence-corrected chi connectivity index (χ1v) is 6.21. The molecule has 0 radical (unpaired) electrons. The second kappa shape index (κ2) is 5.27. The maximum absolute atomic E-state index is 10.7. The Morgan fingerprint density at radius 2 is 2.33 bits per heavy atom. The third kappa shape index (κ3) is 2.41. The Hall–Kier alpha value is -1.75. The van der Waals surface area contributed by atoms with Gasteiger partial charge in [0, 0.05) is 13.1 Å². The van der Waals surface area contributed by atoms with Crippen molar-refractivity contribution in [3.8, 4) is 0 Å². The van der Waals surface area contributed by atoms with Crippen molar-refractivity contribution in [2.45, 2.75) is 19.3 Å². The van der Waals surface area contributed by atoms with Gasteiger partial charge in [0.1, 0.15) is 5.82 Å². The lowest BCUT2D eigenvalue weighted by atomic mass is 10.2. The van der Waals surface area contributed by atoms with Crippen molar-refractivity contribution < 1.29 is 4.79 Å². The van der Waals surface area contributed by atoms with Crippen LogP contribution < -0.4 is 11.1 Å². The van der Waals surface area contributed by atoms with E-state index in [1.54, 1.807) is 0 Å². The number of carbonyl (C=O) groups is 1. The molecule has 0 fully saturated rings. The number of amides is 2. The molecule has 0 bridgehead atoms. The Morgan fingerprint density at radius 1 is 1.56 bits per heavy atom. The molecule has 18 heavy (non-hydrogen) atoms. The van der Waals surface area contributed by atoms with E-state index in [0.717, 1.165) is 22.4 Å². The number of fused-ring (bicyclic) bond motifs is 1. The number of hydrogen-bond acceptors (Lipinski definition) is 2. The number of nitrogens with zero attached hydrogens (tertiary/aromatic N) is 2. The molecule has 1 aromatic carbocycles. The lowest BCUT2D eigenvalue weighted by Gasteiger charge is -2.07. The number of aromatic nitrogens is 2. The molecule has 0 aliphatic heterocycles. The molecule has 0 atom stereocenters. The molecule has 0 spiro atoms. The third-order valence-corrected chi connectivity index (χ3v) is 3.05. The summed E-state index contributed by atoms with van der Waals surface area (Å²) in [6.45, 7) is 3.07. The van der Waals surface area contributed by atoms with Crippen molar-refractivity contribution in [1.82, 2.24) is 14.9 Å². The summed E-state index contributed by atoms with van der Waals surface area (Å²) in [4.78, 5) is 15.2. The van der Waals surface area contributed by atoms with E-state index in [0.29, 0.717) is 19.0 Å². The van der Waals surface area contributed by atoms with E-state index in [2.05, 4.69) is 10.3 Å². The van der Waals surface area contributed by atoms with Crippen LogP contribution in [0.3, 0.4) is 0 Å². The quantitative estimate of drug-likeness (QED) is 0.828. The van der Waals surface area contributed by atoms with Gasteiger partial charge < -0.3 is 15.6 Å². The van der Waals surface area contributed by atoms with Crippen LogP contribution in [0, 0.1) is 6.92 Å². The second-order valence-corrected chi connectivity index (χ2v) is 4.31. The Kier molecular flexibility index (Phi) is 3.72. The van der Waals surface area contributed by atoms with Crippen molar-refractivity contribution >= 4 is 28.7 Å². The number of alkyl halides is 1. The van der Waals surface area contributed by atoms with Crippen LogP contribution in [0.4, 0.5) is 4.79 Å². The lowest BCUT2D eigenvalue weighted by Crippen LogP contribution is -2.32. The molecule has 5 nitrogen and oxygen atoms in total. The van der Waals surface area contributed by atoms with Crippen molar-refractivity contribution in [2.24, 2.45) is 5.73 Å². The highest BCUT2D eigenvalue weighted by atomic mass is 35.5. The summed E-state index contributed by atoms with van der Waals surface area (Å²) in [5.74, 6) is 1.14. The number of benzene rings is 1. The smallest absolute Gasteiger partial charge is 0.312 e. The summed E-state index contributed by atoms with van der Waals surface area (Å²) < 4.78 is 2.01. The molecule has 1 aromatic heterocycles. The number of nitrogens with one attached hydrogen (secondary N) is 1. The average Bonchev–Trinajstić information content (AvgIpc) is 2.69. The number of urea groups is 1. The molecule has 0 saturated carbocycles. The van der Waals surface area contributed by atoms with Gasteiger partial charge in [0.25, 0.3) is 0 Å². The van der Waals surface area contributed by atoms with E-state index in [9.17, 15) is 4.79 Å². The van der Waals surface area contributed by atoms with Gasteiger partial charge in [-0.3, -0.25) is 0 Å². The monoisotopic (exact) mass is 266 g/mol. The van der Waals surface area contributed by atoms with Crippen LogP contribution in [0.2, 0.25) is 0 Å². The Morgan fingerprint density at radius 3 is 3.00 bits per heavy atom. The number of rotatable bonds is 4. The van der Waals surface area contributed by atoms with Crippen molar-refractivity contribution in [3.63, 3.8) is 0 Å². The number of hydrogen-bond donors (Lipinski definition) is 2. The molecule has 1 heterocycles. The van der Waals surface area contributed by atoms with E-state index in [1.165, 1.54) is 0 Å². The molecular formula is C12H15ClN4O. The van der Waals surface area contributed by atoms with E-state index in [1.807, 2.05) is 29.7 Å². The van der Waals surface area contributed by atoms with E-state index in [4.69, 9.17) is 17.3 Å². The number of para-hydroxylation sites is 1. The minimum Gasteiger partial charge on any atom is -0.352 e. The summed E-state index contributed by atoms with van der Waals surface area (Å²) in [5, 5.41) is 2.56. The molecule has 96 valence electrons. The van der Waals surface area contributed by atoms with E-state index < -0.39 is 6.03 Å². The maximum atomic E-state index is 10.7. The van der Waals surface area contributed by atoms with Crippen LogP contribution in [-0.4, -0.2) is 22.1 Å². The number of aryl methyl sites for hydroxylation is 1. The van der Waals surface area contributed by atoms with Gasteiger partial charge in [-0.15, -0.1) is 11.6 Å². The fourth-order valence-electron chi connectivity index (χ4n) is 1.98. The topological polar surface area (TPSA) is 72.9 Å². The average molecular weight is 267 g/mol. The van der Waals surface area contributed by atoms with Crippen LogP contribution in [0.25, 0.3) is 11.0 Å². The van der Waals surface area contributed by atoms with Gasteiger partial charge in [-0.25, -0.2) is 9.78 Å². The Balaban J connectivity index is 2.35. The van der Waals surface area contributed by atoms with Crippen molar-refractivity contribution in [2.75, 3.05) is 6.54 Å². The maximum Gasteiger partial charge on any atom is 0.312 e. The van der Waals surface area contributed by atoms with Gasteiger partial charge in [-0.1, -0.05) is 12.1 Å². The van der Waals surface area contributed by atoms with Crippen LogP contribution >= 0.6 is 11.6 Å². The van der Waals surface area contributed by atoms with Gasteiger partial charge in [0.05, 0.1) is 16.9 Å². The molecule has 0 saturated heterocycles. The van der Waals surface area contributed by atoms with Crippen molar-refractivity contribution in [1.29, 1.82) is 0 Å². The zero-order chi connectivity index (χ0) is 13.1. The largest absolute Gasteiger partial charge is 0.352 e. The molecule has 6 heteroatoms. The number of halogens is 1. The number of primary amides is 1. The molecule has 2 rings (SSSR count). The summed E-state index contributed by atoms with van der Waals surface area (Å²) in [7, 11) is 0. The number of nitrogens with two attached hydrogens (primary N) is 1. The highest BCUT2D eigenvalue weighted by Crippen LogP contribution is 2.20. The summed E-state index contributed by atoms with van der Waals surface area (Å²) in [6.07, 6.45) is 0. The second-order valence-electron chi connectivity index (χ2n) is 4.05. The molecule has 0 unspecified atom stereocenters. The standard InChI is InChI=1S/C12H15ClN4O/c1-8-3-2-4-9-11(8)16-10(7-13)17(9)6-5-15-12(14)18/h2-4H,5-7H2,1H3,(H3,14,15,18). The van der Waals surface area contributed by atoms with Gasteiger partial charge >= 0.3 is 6.03 Å². The van der Waals surface area contributed by atoms with Gasteiger partial charge in [-0.2, -0.15) is 0 Å². The van der Waals surface area contributed by atoms with E-state index in [-0.39, 0.29) is 0 Å². The normalized spacial score (nSPS) is 10.8. The van der Waals surface area contributed by atoms with E-state index >= 15 is 0 Å². The first-order valence-electron chi connectivity index (χ1n) is 5.67. The van der Waals surface area contributed by atoms with Crippen LogP contribution in [0.15, 0.2) is 18.2 Å². The highest BCUT2D eigenvalue weighted by Gasteiger charge is 2.10. The highest BCUT2D eigenvalue weighted by molar-refractivity contribution is 6.16. The molecule has 2 amide bonds. The molecule has 2 aromatic rings.